The third-order valence-corrected chi connectivity index (χ3v) is 6.08. The Bertz CT molecular complexity index is 611. The van der Waals surface area contributed by atoms with Crippen LogP contribution in [0.4, 0.5) is 0 Å². The van der Waals surface area contributed by atoms with E-state index in [1.807, 2.05) is 30.4 Å². The molecule has 1 heterocycles. The summed E-state index contributed by atoms with van der Waals surface area (Å²) in [5, 5.41) is 0. The van der Waals surface area contributed by atoms with Crippen molar-refractivity contribution in [2.24, 2.45) is 0 Å². The third kappa shape index (κ3) is 0.944. The molecule has 1 aliphatic heterocycles. The van der Waals surface area contributed by atoms with E-state index in [0.717, 1.165) is 5.56 Å². The van der Waals surface area contributed by atoms with Gasteiger partial charge in [0, 0.05) is 5.92 Å². The highest BCUT2D eigenvalue weighted by Crippen LogP contribution is 2.50. The molecular weight excluding hydrogens is 220 g/mol. The van der Waals surface area contributed by atoms with Crippen LogP contribution in [0.3, 0.4) is 0 Å². The molecule has 0 saturated heterocycles. The van der Waals surface area contributed by atoms with Crippen LogP contribution in [0.2, 0.25) is 0 Å². The molecule has 1 aromatic rings. The van der Waals surface area contributed by atoms with Crippen molar-refractivity contribution in [3.8, 4) is 0 Å². The largest absolute Gasteiger partial charge is 0.223 e. The standard InChI is InChI=1S/C13H12O2S/c1-13-9-5-4-7-11(13)10-6-2-3-8-12(10)16(13,14)15/h2-9,11H,1H3. The second-order valence-corrected chi connectivity index (χ2v) is 6.77. The Kier molecular flexibility index (Phi) is 1.76. The van der Waals surface area contributed by atoms with E-state index >= 15 is 0 Å². The smallest absolute Gasteiger partial charge is 0.188 e. The van der Waals surface area contributed by atoms with Crippen LogP contribution in [0.15, 0.2) is 53.5 Å². The topological polar surface area (TPSA) is 34.1 Å². The first-order chi connectivity index (χ1) is 7.57. The zero-order valence-corrected chi connectivity index (χ0v) is 9.74. The molecule has 0 bridgehead atoms. The SMILES string of the molecule is CC12C=CC=CC1c1ccccc1S2(=O)=O. The van der Waals surface area contributed by atoms with Crippen LogP contribution >= 0.6 is 0 Å². The molecule has 1 aliphatic carbocycles. The first kappa shape index (κ1) is 9.85. The minimum Gasteiger partial charge on any atom is -0.223 e. The van der Waals surface area contributed by atoms with Gasteiger partial charge in [0.1, 0.15) is 4.75 Å². The van der Waals surface area contributed by atoms with Crippen molar-refractivity contribution in [1.82, 2.24) is 0 Å². The Hall–Kier alpha value is -1.35. The van der Waals surface area contributed by atoms with E-state index in [9.17, 15) is 8.42 Å². The van der Waals surface area contributed by atoms with Crippen LogP contribution in [-0.4, -0.2) is 13.2 Å². The van der Waals surface area contributed by atoms with Gasteiger partial charge in [0.2, 0.25) is 0 Å². The number of rotatable bonds is 0. The van der Waals surface area contributed by atoms with Gasteiger partial charge in [-0.2, -0.15) is 0 Å². The highest BCUT2D eigenvalue weighted by molar-refractivity contribution is 7.93. The highest BCUT2D eigenvalue weighted by atomic mass is 32.2. The molecule has 2 atom stereocenters. The average molecular weight is 232 g/mol. The van der Waals surface area contributed by atoms with Crippen LogP contribution in [0.25, 0.3) is 0 Å². The molecule has 2 unspecified atom stereocenters. The van der Waals surface area contributed by atoms with Crippen molar-refractivity contribution < 1.29 is 8.42 Å². The summed E-state index contributed by atoms with van der Waals surface area (Å²) in [7, 11) is -3.24. The Morgan fingerprint density at radius 3 is 2.75 bits per heavy atom. The second-order valence-electron chi connectivity index (χ2n) is 4.45. The van der Waals surface area contributed by atoms with Crippen molar-refractivity contribution in [3.05, 3.63) is 54.1 Å². The van der Waals surface area contributed by atoms with Gasteiger partial charge in [-0.1, -0.05) is 42.5 Å². The summed E-state index contributed by atoms with van der Waals surface area (Å²) in [4.78, 5) is 0.485. The minimum atomic E-state index is -3.24. The number of fused-ring (bicyclic) bond motifs is 3. The number of sulfone groups is 1. The third-order valence-electron chi connectivity index (χ3n) is 3.58. The fraction of sp³-hybridized carbons (Fsp3) is 0.231. The van der Waals surface area contributed by atoms with E-state index < -0.39 is 14.6 Å². The first-order valence-corrected chi connectivity index (χ1v) is 6.75. The van der Waals surface area contributed by atoms with Gasteiger partial charge in [-0.3, -0.25) is 0 Å². The molecule has 0 N–H and O–H groups in total. The summed E-state index contributed by atoms with van der Waals surface area (Å²) in [6.07, 6.45) is 7.51. The van der Waals surface area contributed by atoms with Gasteiger partial charge >= 0.3 is 0 Å². The summed E-state index contributed by atoms with van der Waals surface area (Å²) in [5.74, 6) is -0.0429. The van der Waals surface area contributed by atoms with Crippen molar-refractivity contribution in [2.75, 3.05) is 0 Å². The summed E-state index contributed by atoms with van der Waals surface area (Å²) in [6, 6.07) is 7.29. The predicted molar refractivity (Wildman–Crippen MR) is 63.1 cm³/mol. The maximum absolute atomic E-state index is 12.5. The molecule has 0 spiro atoms. The Morgan fingerprint density at radius 1 is 1.19 bits per heavy atom. The molecule has 16 heavy (non-hydrogen) atoms. The van der Waals surface area contributed by atoms with E-state index in [4.69, 9.17) is 0 Å². The number of benzene rings is 1. The molecule has 0 aromatic heterocycles. The monoisotopic (exact) mass is 232 g/mol. The van der Waals surface area contributed by atoms with Crippen molar-refractivity contribution >= 4 is 9.84 Å². The van der Waals surface area contributed by atoms with Gasteiger partial charge < -0.3 is 0 Å². The van der Waals surface area contributed by atoms with Crippen LogP contribution in [0.1, 0.15) is 18.4 Å². The number of hydrogen-bond donors (Lipinski definition) is 0. The molecule has 0 saturated carbocycles. The van der Waals surface area contributed by atoms with Gasteiger partial charge in [0.25, 0.3) is 0 Å². The van der Waals surface area contributed by atoms with E-state index in [1.165, 1.54) is 0 Å². The summed E-state index contributed by atoms with van der Waals surface area (Å²) >= 11 is 0. The molecule has 2 aliphatic rings. The molecule has 3 heteroatoms. The number of hydrogen-bond acceptors (Lipinski definition) is 2. The highest BCUT2D eigenvalue weighted by Gasteiger charge is 2.52. The van der Waals surface area contributed by atoms with Crippen LogP contribution in [-0.2, 0) is 9.84 Å². The predicted octanol–water partition coefficient (Wildman–Crippen LogP) is 2.44. The maximum atomic E-state index is 12.5. The van der Waals surface area contributed by atoms with Crippen LogP contribution in [0, 0.1) is 0 Å². The molecule has 82 valence electrons. The Morgan fingerprint density at radius 2 is 1.94 bits per heavy atom. The van der Waals surface area contributed by atoms with E-state index in [2.05, 4.69) is 0 Å². The van der Waals surface area contributed by atoms with Gasteiger partial charge in [-0.25, -0.2) is 8.42 Å². The first-order valence-electron chi connectivity index (χ1n) is 5.27. The van der Waals surface area contributed by atoms with E-state index in [0.29, 0.717) is 4.90 Å². The Labute approximate surface area is 95.2 Å². The summed E-state index contributed by atoms with van der Waals surface area (Å²) in [5.41, 5.74) is 0.922. The van der Waals surface area contributed by atoms with Crippen LogP contribution in [0.5, 0.6) is 0 Å². The molecule has 0 fully saturated rings. The fourth-order valence-corrected chi connectivity index (χ4v) is 4.64. The van der Waals surface area contributed by atoms with E-state index in [-0.39, 0.29) is 5.92 Å². The van der Waals surface area contributed by atoms with E-state index in [1.54, 1.807) is 25.1 Å². The lowest BCUT2D eigenvalue weighted by atomic mass is 9.84. The normalized spacial score (nSPS) is 33.4. The minimum absolute atomic E-state index is 0.0429. The molecule has 3 rings (SSSR count). The van der Waals surface area contributed by atoms with Gasteiger partial charge in [-0.15, -0.1) is 0 Å². The summed E-state index contributed by atoms with van der Waals surface area (Å²) in [6.45, 7) is 1.80. The van der Waals surface area contributed by atoms with Crippen LogP contribution < -0.4 is 0 Å². The van der Waals surface area contributed by atoms with Crippen molar-refractivity contribution in [2.45, 2.75) is 22.5 Å². The molecule has 0 amide bonds. The molecule has 1 aromatic carbocycles. The lowest BCUT2D eigenvalue weighted by Gasteiger charge is -2.27. The second kappa shape index (κ2) is 2.86. The van der Waals surface area contributed by atoms with Crippen molar-refractivity contribution in [3.63, 3.8) is 0 Å². The molecule has 0 radical (unpaired) electrons. The maximum Gasteiger partial charge on any atom is 0.188 e. The molecule has 2 nitrogen and oxygen atoms in total. The van der Waals surface area contributed by atoms with Gasteiger partial charge in [-0.05, 0) is 18.6 Å². The van der Waals surface area contributed by atoms with Gasteiger partial charge in [0.15, 0.2) is 9.84 Å². The van der Waals surface area contributed by atoms with Gasteiger partial charge in [0.05, 0.1) is 4.90 Å². The fourth-order valence-electron chi connectivity index (χ4n) is 2.60. The number of allylic oxidation sites excluding steroid dienone is 3. The lowest BCUT2D eigenvalue weighted by Crippen LogP contribution is -2.33. The average Bonchev–Trinajstić information content (AvgIpc) is 2.46. The lowest BCUT2D eigenvalue weighted by molar-refractivity contribution is 0.562. The summed E-state index contributed by atoms with van der Waals surface area (Å²) < 4.78 is 24.1. The van der Waals surface area contributed by atoms with Crippen molar-refractivity contribution in [1.29, 1.82) is 0 Å². The quantitative estimate of drug-likeness (QED) is 0.688. The molecular formula is C13H12O2S. The zero-order valence-electron chi connectivity index (χ0n) is 8.92. The Balaban J connectivity index is 2.40. The zero-order chi connectivity index (χ0) is 11.4.